The summed E-state index contributed by atoms with van der Waals surface area (Å²) < 4.78 is 27.3. The SMILES string of the molecule is CCOc1ccc(C)cc1CS(=O)(=O)Cl. The second-order valence-electron chi connectivity index (χ2n) is 3.23. The average Bonchev–Trinajstić information content (AvgIpc) is 2.07. The Morgan fingerprint density at radius 1 is 1.40 bits per heavy atom. The Bertz CT molecular complexity index is 440. The maximum atomic E-state index is 11.0. The standard InChI is InChI=1S/C10H13ClO3S/c1-3-14-10-5-4-8(2)6-9(10)7-15(11,12)13/h4-6H,3,7H2,1-2H3. The van der Waals surface area contributed by atoms with Crippen molar-refractivity contribution in [3.63, 3.8) is 0 Å². The number of ether oxygens (including phenoxy) is 1. The summed E-state index contributed by atoms with van der Waals surface area (Å²) in [6.07, 6.45) is 0. The minimum atomic E-state index is -3.54. The molecule has 0 aromatic heterocycles. The van der Waals surface area contributed by atoms with E-state index in [1.165, 1.54) is 0 Å². The molecule has 0 saturated heterocycles. The monoisotopic (exact) mass is 248 g/mol. The highest BCUT2D eigenvalue weighted by Crippen LogP contribution is 2.23. The molecule has 0 unspecified atom stereocenters. The number of hydrogen-bond acceptors (Lipinski definition) is 3. The van der Waals surface area contributed by atoms with Crippen LogP contribution in [0, 0.1) is 6.92 Å². The molecule has 0 saturated carbocycles. The van der Waals surface area contributed by atoms with Gasteiger partial charge in [-0.1, -0.05) is 17.7 Å². The Kier molecular flexibility index (Phi) is 3.99. The van der Waals surface area contributed by atoms with Crippen molar-refractivity contribution in [2.24, 2.45) is 0 Å². The van der Waals surface area contributed by atoms with Gasteiger partial charge >= 0.3 is 0 Å². The molecule has 0 N–H and O–H groups in total. The first-order chi connectivity index (χ1) is 6.92. The van der Waals surface area contributed by atoms with E-state index in [0.717, 1.165) is 5.56 Å². The van der Waals surface area contributed by atoms with Gasteiger partial charge in [0.15, 0.2) is 0 Å². The van der Waals surface area contributed by atoms with Crippen molar-refractivity contribution in [1.29, 1.82) is 0 Å². The van der Waals surface area contributed by atoms with Gasteiger partial charge in [0.05, 0.1) is 12.4 Å². The molecule has 0 spiro atoms. The topological polar surface area (TPSA) is 43.4 Å². The lowest BCUT2D eigenvalue weighted by Gasteiger charge is -2.09. The first-order valence-electron chi connectivity index (χ1n) is 4.57. The fourth-order valence-corrected chi connectivity index (χ4v) is 2.25. The molecule has 3 nitrogen and oxygen atoms in total. The third-order valence-electron chi connectivity index (χ3n) is 1.84. The summed E-state index contributed by atoms with van der Waals surface area (Å²) in [6, 6.07) is 5.40. The Morgan fingerprint density at radius 3 is 2.60 bits per heavy atom. The maximum Gasteiger partial charge on any atom is 0.236 e. The molecule has 1 aromatic carbocycles. The zero-order chi connectivity index (χ0) is 11.5. The number of halogens is 1. The molecule has 84 valence electrons. The van der Waals surface area contributed by atoms with E-state index in [1.807, 2.05) is 19.9 Å². The molecule has 1 aromatic rings. The molecule has 0 aliphatic carbocycles. The van der Waals surface area contributed by atoms with Crippen LogP contribution in [0.5, 0.6) is 5.75 Å². The zero-order valence-electron chi connectivity index (χ0n) is 8.66. The van der Waals surface area contributed by atoms with E-state index < -0.39 is 9.05 Å². The van der Waals surface area contributed by atoms with Gasteiger partial charge in [-0.2, -0.15) is 0 Å². The molecule has 15 heavy (non-hydrogen) atoms. The average molecular weight is 249 g/mol. The number of benzene rings is 1. The summed E-state index contributed by atoms with van der Waals surface area (Å²) in [5.41, 5.74) is 1.58. The van der Waals surface area contributed by atoms with Gasteiger partial charge in [-0.15, -0.1) is 0 Å². The molecule has 0 amide bonds. The maximum absolute atomic E-state index is 11.0. The lowest BCUT2D eigenvalue weighted by Crippen LogP contribution is -2.01. The van der Waals surface area contributed by atoms with Crippen molar-refractivity contribution in [3.8, 4) is 5.75 Å². The van der Waals surface area contributed by atoms with Crippen molar-refractivity contribution < 1.29 is 13.2 Å². The van der Waals surface area contributed by atoms with Gasteiger partial charge < -0.3 is 4.74 Å². The van der Waals surface area contributed by atoms with Crippen molar-refractivity contribution >= 4 is 19.7 Å². The van der Waals surface area contributed by atoms with Gasteiger partial charge in [0, 0.05) is 16.2 Å². The van der Waals surface area contributed by atoms with Gasteiger partial charge in [-0.25, -0.2) is 8.42 Å². The van der Waals surface area contributed by atoms with Crippen LogP contribution >= 0.6 is 10.7 Å². The molecule has 0 aliphatic heterocycles. The van der Waals surface area contributed by atoms with E-state index in [1.54, 1.807) is 12.1 Å². The summed E-state index contributed by atoms with van der Waals surface area (Å²) >= 11 is 0. The van der Waals surface area contributed by atoms with Crippen LogP contribution in [0.3, 0.4) is 0 Å². The summed E-state index contributed by atoms with van der Waals surface area (Å²) in [6.45, 7) is 4.23. The quantitative estimate of drug-likeness (QED) is 0.769. The predicted octanol–water partition coefficient (Wildman–Crippen LogP) is 2.46. The Balaban J connectivity index is 3.07. The van der Waals surface area contributed by atoms with Crippen LogP contribution in [-0.4, -0.2) is 15.0 Å². The van der Waals surface area contributed by atoms with Crippen molar-refractivity contribution in [2.45, 2.75) is 19.6 Å². The molecule has 1 rings (SSSR count). The van der Waals surface area contributed by atoms with E-state index in [-0.39, 0.29) is 5.75 Å². The summed E-state index contributed by atoms with van der Waals surface area (Å²) in [5.74, 6) is 0.373. The molecule has 0 bridgehead atoms. The van der Waals surface area contributed by atoms with Crippen molar-refractivity contribution in [1.82, 2.24) is 0 Å². The van der Waals surface area contributed by atoms with E-state index in [0.29, 0.717) is 17.9 Å². The molecule has 0 radical (unpaired) electrons. The van der Waals surface area contributed by atoms with Gasteiger partial charge in [-0.05, 0) is 19.9 Å². The zero-order valence-corrected chi connectivity index (χ0v) is 10.2. The smallest absolute Gasteiger partial charge is 0.236 e. The lowest BCUT2D eigenvalue weighted by atomic mass is 10.1. The van der Waals surface area contributed by atoms with E-state index in [9.17, 15) is 8.42 Å². The number of aryl methyl sites for hydroxylation is 1. The highest BCUT2D eigenvalue weighted by atomic mass is 35.7. The summed E-state index contributed by atoms with van der Waals surface area (Å²) in [5, 5.41) is 0. The summed E-state index contributed by atoms with van der Waals surface area (Å²) in [7, 11) is 1.67. The summed E-state index contributed by atoms with van der Waals surface area (Å²) in [4.78, 5) is 0. The first kappa shape index (κ1) is 12.3. The van der Waals surface area contributed by atoms with Crippen LogP contribution in [0.25, 0.3) is 0 Å². The fraction of sp³-hybridized carbons (Fsp3) is 0.400. The second kappa shape index (κ2) is 4.86. The van der Waals surface area contributed by atoms with Gasteiger partial charge in [0.2, 0.25) is 9.05 Å². The highest BCUT2D eigenvalue weighted by molar-refractivity contribution is 8.13. The van der Waals surface area contributed by atoms with Crippen molar-refractivity contribution in [2.75, 3.05) is 6.61 Å². The van der Waals surface area contributed by atoms with Crippen LogP contribution < -0.4 is 4.74 Å². The molecule has 5 heteroatoms. The Labute approximate surface area is 94.4 Å². The van der Waals surface area contributed by atoms with Gasteiger partial charge in [0.25, 0.3) is 0 Å². The normalized spacial score (nSPS) is 11.4. The van der Waals surface area contributed by atoms with Crippen LogP contribution in [0.4, 0.5) is 0 Å². The van der Waals surface area contributed by atoms with Gasteiger partial charge in [-0.3, -0.25) is 0 Å². The van der Waals surface area contributed by atoms with E-state index in [4.69, 9.17) is 15.4 Å². The number of hydrogen-bond donors (Lipinski definition) is 0. The largest absolute Gasteiger partial charge is 0.494 e. The lowest BCUT2D eigenvalue weighted by molar-refractivity contribution is 0.337. The van der Waals surface area contributed by atoms with Crippen LogP contribution in [0.2, 0.25) is 0 Å². The molecular formula is C10H13ClO3S. The predicted molar refractivity (Wildman–Crippen MR) is 60.8 cm³/mol. The number of rotatable bonds is 4. The third kappa shape index (κ3) is 4.10. The highest BCUT2D eigenvalue weighted by Gasteiger charge is 2.12. The van der Waals surface area contributed by atoms with E-state index in [2.05, 4.69) is 0 Å². The van der Waals surface area contributed by atoms with Crippen LogP contribution in [0.15, 0.2) is 18.2 Å². The molecule has 0 aliphatic rings. The van der Waals surface area contributed by atoms with Crippen molar-refractivity contribution in [3.05, 3.63) is 29.3 Å². The minimum Gasteiger partial charge on any atom is -0.494 e. The Morgan fingerprint density at radius 2 is 2.07 bits per heavy atom. The Hall–Kier alpha value is -0.740. The first-order valence-corrected chi connectivity index (χ1v) is 7.05. The third-order valence-corrected chi connectivity index (χ3v) is 2.83. The minimum absolute atomic E-state index is 0.203. The molecule has 0 fully saturated rings. The molecular weight excluding hydrogens is 236 g/mol. The second-order valence-corrected chi connectivity index (χ2v) is 6.00. The van der Waals surface area contributed by atoms with Crippen LogP contribution in [0.1, 0.15) is 18.1 Å². The molecule has 0 heterocycles. The van der Waals surface area contributed by atoms with Gasteiger partial charge in [0.1, 0.15) is 5.75 Å². The van der Waals surface area contributed by atoms with Crippen LogP contribution in [-0.2, 0) is 14.8 Å². The van der Waals surface area contributed by atoms with E-state index >= 15 is 0 Å². The molecule has 0 atom stereocenters. The fourth-order valence-electron chi connectivity index (χ4n) is 1.30.